The smallest absolute Gasteiger partial charge is 0.249 e. The van der Waals surface area contributed by atoms with Crippen LogP contribution in [0.2, 0.25) is 0 Å². The second-order valence-corrected chi connectivity index (χ2v) is 12.1. The molecule has 2 aliphatic heterocycles. The molecular formula is C36H34F2N4O2. The predicted octanol–water partition coefficient (Wildman–Crippen LogP) is 5.15. The number of rotatable bonds is 4. The summed E-state index contributed by atoms with van der Waals surface area (Å²) in [5.74, 6) is -1.42. The Bertz CT molecular complexity index is 1690. The van der Waals surface area contributed by atoms with Crippen molar-refractivity contribution >= 4 is 11.8 Å². The van der Waals surface area contributed by atoms with Crippen LogP contribution in [0.5, 0.6) is 0 Å². The van der Waals surface area contributed by atoms with E-state index in [1.165, 1.54) is 12.1 Å². The van der Waals surface area contributed by atoms with E-state index in [1.807, 2.05) is 48.5 Å². The van der Waals surface area contributed by atoms with Gasteiger partial charge in [0.15, 0.2) is 0 Å². The van der Waals surface area contributed by atoms with Crippen molar-refractivity contribution in [3.63, 3.8) is 0 Å². The SMILES string of the molecule is NC(=O)c1cc(F)c(C2CCNC2)c2c1Cc1ccccc1-2.NC(=O)c1cc(F)c(C2CCNC2)c2c1Cc1ccccc1-2. The number of halogens is 2. The van der Waals surface area contributed by atoms with Gasteiger partial charge in [-0.15, -0.1) is 0 Å². The molecule has 44 heavy (non-hydrogen) atoms. The fraction of sp³-hybridized carbons (Fsp3) is 0.278. The molecule has 0 saturated carbocycles. The van der Waals surface area contributed by atoms with Crippen LogP contribution in [0.15, 0.2) is 60.7 Å². The summed E-state index contributed by atoms with van der Waals surface area (Å²) in [7, 11) is 0. The van der Waals surface area contributed by atoms with Gasteiger partial charge in [-0.05, 0) is 95.4 Å². The molecule has 0 spiro atoms. The van der Waals surface area contributed by atoms with Crippen molar-refractivity contribution in [2.45, 2.75) is 37.5 Å². The minimum Gasteiger partial charge on any atom is -0.366 e. The molecule has 2 amide bonds. The third-order valence-electron chi connectivity index (χ3n) is 9.63. The Hall–Kier alpha value is -4.40. The first-order valence-electron chi connectivity index (χ1n) is 15.2. The van der Waals surface area contributed by atoms with E-state index >= 15 is 0 Å². The van der Waals surface area contributed by atoms with Gasteiger partial charge in [-0.2, -0.15) is 0 Å². The Balaban J connectivity index is 0.000000142. The highest BCUT2D eigenvalue weighted by molar-refractivity contribution is 5.99. The van der Waals surface area contributed by atoms with E-state index in [-0.39, 0.29) is 23.5 Å². The monoisotopic (exact) mass is 592 g/mol. The Labute approximate surface area is 254 Å². The number of fused-ring (bicyclic) bond motifs is 6. The number of hydrogen-bond donors (Lipinski definition) is 4. The molecule has 4 aliphatic rings. The molecule has 6 N–H and O–H groups in total. The zero-order chi connectivity index (χ0) is 30.5. The van der Waals surface area contributed by atoms with Crippen molar-refractivity contribution in [3.8, 4) is 22.3 Å². The van der Waals surface area contributed by atoms with Crippen LogP contribution in [0.3, 0.4) is 0 Å². The molecule has 6 nitrogen and oxygen atoms in total. The minimum atomic E-state index is -0.556. The summed E-state index contributed by atoms with van der Waals surface area (Å²) in [5, 5.41) is 6.58. The largest absolute Gasteiger partial charge is 0.366 e. The molecule has 2 unspecified atom stereocenters. The Morgan fingerprint density at radius 2 is 1.07 bits per heavy atom. The van der Waals surface area contributed by atoms with Crippen molar-refractivity contribution in [2.24, 2.45) is 11.5 Å². The number of hydrogen-bond acceptors (Lipinski definition) is 4. The van der Waals surface area contributed by atoms with Crippen LogP contribution in [-0.4, -0.2) is 38.0 Å². The van der Waals surface area contributed by atoms with Gasteiger partial charge in [0.2, 0.25) is 11.8 Å². The van der Waals surface area contributed by atoms with Gasteiger partial charge in [0.1, 0.15) is 11.6 Å². The Morgan fingerprint density at radius 1 is 0.659 bits per heavy atom. The van der Waals surface area contributed by atoms with E-state index in [1.54, 1.807) is 0 Å². The third kappa shape index (κ3) is 4.69. The lowest BCUT2D eigenvalue weighted by Gasteiger charge is -2.18. The fourth-order valence-corrected chi connectivity index (χ4v) is 7.66. The molecule has 2 aliphatic carbocycles. The van der Waals surface area contributed by atoms with Crippen LogP contribution < -0.4 is 22.1 Å². The van der Waals surface area contributed by atoms with E-state index in [9.17, 15) is 18.4 Å². The first-order valence-corrected chi connectivity index (χ1v) is 15.2. The predicted molar refractivity (Wildman–Crippen MR) is 167 cm³/mol. The highest BCUT2D eigenvalue weighted by Gasteiger charge is 2.34. The maximum absolute atomic E-state index is 14.8. The first-order chi connectivity index (χ1) is 21.3. The molecule has 2 heterocycles. The van der Waals surface area contributed by atoms with Gasteiger partial charge < -0.3 is 22.1 Å². The second-order valence-electron chi connectivity index (χ2n) is 12.1. The number of nitrogens with two attached hydrogens (primary N) is 2. The fourth-order valence-electron chi connectivity index (χ4n) is 7.66. The van der Waals surface area contributed by atoms with Gasteiger partial charge in [0.05, 0.1) is 0 Å². The van der Waals surface area contributed by atoms with Crippen LogP contribution in [0.4, 0.5) is 8.78 Å². The molecule has 2 fully saturated rings. The molecule has 224 valence electrons. The lowest BCUT2D eigenvalue weighted by molar-refractivity contribution is 0.0990. The number of carbonyl (C=O) groups excluding carboxylic acids is 2. The molecule has 2 saturated heterocycles. The van der Waals surface area contributed by atoms with Crippen LogP contribution in [0.25, 0.3) is 22.3 Å². The maximum atomic E-state index is 14.8. The minimum absolute atomic E-state index is 0.154. The van der Waals surface area contributed by atoms with Gasteiger partial charge in [-0.25, -0.2) is 8.78 Å². The van der Waals surface area contributed by atoms with E-state index in [2.05, 4.69) is 10.6 Å². The molecule has 4 aromatic rings. The number of primary amides is 2. The van der Waals surface area contributed by atoms with Gasteiger partial charge in [-0.3, -0.25) is 9.59 Å². The summed E-state index contributed by atoms with van der Waals surface area (Å²) < 4.78 is 29.6. The van der Waals surface area contributed by atoms with E-state index in [0.29, 0.717) is 24.0 Å². The molecular weight excluding hydrogens is 558 g/mol. The Morgan fingerprint density at radius 3 is 1.43 bits per heavy atom. The average molecular weight is 593 g/mol. The highest BCUT2D eigenvalue weighted by atomic mass is 19.1. The van der Waals surface area contributed by atoms with Gasteiger partial charge in [0, 0.05) is 47.2 Å². The van der Waals surface area contributed by atoms with Crippen LogP contribution in [0, 0.1) is 11.6 Å². The zero-order valence-electron chi connectivity index (χ0n) is 24.3. The number of benzene rings is 4. The highest BCUT2D eigenvalue weighted by Crippen LogP contribution is 2.46. The van der Waals surface area contributed by atoms with Gasteiger partial charge in [0.25, 0.3) is 0 Å². The summed E-state index contributed by atoms with van der Waals surface area (Å²) >= 11 is 0. The van der Waals surface area contributed by atoms with Crippen LogP contribution in [-0.2, 0) is 12.8 Å². The van der Waals surface area contributed by atoms with Crippen LogP contribution >= 0.6 is 0 Å². The van der Waals surface area contributed by atoms with Crippen molar-refractivity contribution in [1.82, 2.24) is 10.6 Å². The average Bonchev–Trinajstić information content (AvgIpc) is 3.83. The second kappa shape index (κ2) is 11.3. The molecule has 8 rings (SSSR count). The molecule has 2 atom stereocenters. The van der Waals surface area contributed by atoms with Crippen molar-refractivity contribution < 1.29 is 18.4 Å². The molecule has 0 bridgehead atoms. The molecule has 0 aromatic heterocycles. The van der Waals surface area contributed by atoms with Crippen molar-refractivity contribution in [1.29, 1.82) is 0 Å². The van der Waals surface area contributed by atoms with Crippen molar-refractivity contribution in [2.75, 3.05) is 26.2 Å². The quantitative estimate of drug-likeness (QED) is 0.227. The zero-order valence-corrected chi connectivity index (χ0v) is 24.3. The number of amides is 2. The van der Waals surface area contributed by atoms with Crippen LogP contribution in [0.1, 0.15) is 78.8 Å². The molecule has 4 aromatic carbocycles. The van der Waals surface area contributed by atoms with Crippen molar-refractivity contribution in [3.05, 3.63) is 117 Å². The number of carbonyl (C=O) groups is 2. The maximum Gasteiger partial charge on any atom is 0.249 e. The van der Waals surface area contributed by atoms with E-state index < -0.39 is 11.8 Å². The normalized spacial score (nSPS) is 19.0. The Kier molecular flexibility index (Phi) is 7.26. The van der Waals surface area contributed by atoms with Gasteiger partial charge in [-0.1, -0.05) is 48.5 Å². The first kappa shape index (κ1) is 28.4. The third-order valence-corrected chi connectivity index (χ3v) is 9.63. The molecule has 8 heteroatoms. The molecule has 0 radical (unpaired) electrons. The lowest BCUT2D eigenvalue weighted by atomic mass is 9.87. The standard InChI is InChI=1S/2C18H17FN2O/c2*19-15-8-14(18(20)22)13-7-10-3-1-2-4-12(10)17(13)16(15)11-5-6-21-9-11/h2*1-4,8,11,21H,5-7,9H2,(H2,20,22). The van der Waals surface area contributed by atoms with E-state index in [0.717, 1.165) is 94.7 Å². The van der Waals surface area contributed by atoms with E-state index in [4.69, 9.17) is 11.5 Å². The summed E-state index contributed by atoms with van der Waals surface area (Å²) in [6.45, 7) is 3.36. The lowest BCUT2D eigenvalue weighted by Crippen LogP contribution is -2.16. The summed E-state index contributed by atoms with van der Waals surface area (Å²) in [4.78, 5) is 23.5. The summed E-state index contributed by atoms with van der Waals surface area (Å²) in [5.41, 5.74) is 21.0. The summed E-state index contributed by atoms with van der Waals surface area (Å²) in [6, 6.07) is 18.6. The summed E-state index contributed by atoms with van der Waals surface area (Å²) in [6.07, 6.45) is 3.14. The number of nitrogens with one attached hydrogen (secondary N) is 2. The topological polar surface area (TPSA) is 110 Å². The van der Waals surface area contributed by atoms with Gasteiger partial charge >= 0.3 is 0 Å².